The molecule has 0 spiro atoms. The van der Waals surface area contributed by atoms with Crippen LogP contribution in [-0.4, -0.2) is 47.9 Å². The number of carbonyl (C=O) groups excluding carboxylic acids is 1. The minimum atomic E-state index is -0.229. The van der Waals surface area contributed by atoms with Crippen molar-refractivity contribution in [3.05, 3.63) is 35.4 Å². The van der Waals surface area contributed by atoms with Gasteiger partial charge in [0.1, 0.15) is 0 Å². The molecule has 1 fully saturated rings. The van der Waals surface area contributed by atoms with Crippen LogP contribution >= 0.6 is 0 Å². The Morgan fingerprint density at radius 3 is 2.47 bits per heavy atom. The quantitative estimate of drug-likeness (QED) is 0.879. The lowest BCUT2D eigenvalue weighted by molar-refractivity contribution is -0.123. The van der Waals surface area contributed by atoms with Gasteiger partial charge in [-0.05, 0) is 25.0 Å². The number of nitrogens with two attached hydrogens (primary N) is 1. The average molecular weight is 261 g/mol. The summed E-state index contributed by atoms with van der Waals surface area (Å²) in [6.07, 6.45) is 0. The molecule has 1 aliphatic rings. The molecule has 4 nitrogen and oxygen atoms in total. The fraction of sp³-hybridized carbons (Fsp3) is 0.533. The van der Waals surface area contributed by atoms with E-state index in [1.165, 1.54) is 11.1 Å². The number of nitrogens with zero attached hydrogens (tertiary/aromatic N) is 2. The zero-order valence-electron chi connectivity index (χ0n) is 11.8. The smallest absolute Gasteiger partial charge is 0.234 e. The fourth-order valence-corrected chi connectivity index (χ4v) is 2.52. The van der Waals surface area contributed by atoms with Crippen LogP contribution in [0, 0.1) is 6.92 Å². The van der Waals surface area contributed by atoms with E-state index in [1.807, 2.05) is 6.92 Å². The standard InChI is InChI=1S/C15H23N3O/c1-12-5-3-4-6-14(12)11-17-7-9-18(10-8-17)13(2)15(16)19/h3-6,13H,7-11H2,1-2H3,(H2,16,19). The Morgan fingerprint density at radius 2 is 1.89 bits per heavy atom. The van der Waals surface area contributed by atoms with E-state index in [4.69, 9.17) is 5.73 Å². The summed E-state index contributed by atoms with van der Waals surface area (Å²) in [5.41, 5.74) is 8.08. The van der Waals surface area contributed by atoms with Gasteiger partial charge in [0.2, 0.25) is 5.91 Å². The first-order valence-electron chi connectivity index (χ1n) is 6.88. The van der Waals surface area contributed by atoms with Gasteiger partial charge in [0, 0.05) is 32.7 Å². The molecule has 19 heavy (non-hydrogen) atoms. The molecule has 104 valence electrons. The second kappa shape index (κ2) is 6.17. The van der Waals surface area contributed by atoms with Gasteiger partial charge in [0.05, 0.1) is 6.04 Å². The van der Waals surface area contributed by atoms with E-state index < -0.39 is 0 Å². The van der Waals surface area contributed by atoms with E-state index >= 15 is 0 Å². The van der Waals surface area contributed by atoms with E-state index in [0.717, 1.165) is 32.7 Å². The van der Waals surface area contributed by atoms with Crippen molar-refractivity contribution < 1.29 is 4.79 Å². The summed E-state index contributed by atoms with van der Waals surface area (Å²) in [6, 6.07) is 8.36. The number of amides is 1. The molecular formula is C15H23N3O. The molecule has 2 N–H and O–H groups in total. The lowest BCUT2D eigenvalue weighted by Gasteiger charge is -2.37. The van der Waals surface area contributed by atoms with Gasteiger partial charge in [-0.15, -0.1) is 0 Å². The maximum Gasteiger partial charge on any atom is 0.234 e. The predicted molar refractivity (Wildman–Crippen MR) is 76.7 cm³/mol. The third-order valence-corrected chi connectivity index (χ3v) is 4.02. The normalized spacial score (nSPS) is 19.3. The Bertz CT molecular complexity index is 439. The number of benzene rings is 1. The highest BCUT2D eigenvalue weighted by Gasteiger charge is 2.23. The van der Waals surface area contributed by atoms with Crippen molar-refractivity contribution >= 4 is 5.91 Å². The lowest BCUT2D eigenvalue weighted by atomic mass is 10.1. The molecule has 0 bridgehead atoms. The van der Waals surface area contributed by atoms with Crippen molar-refractivity contribution in [2.24, 2.45) is 5.73 Å². The van der Waals surface area contributed by atoms with Crippen molar-refractivity contribution in [3.8, 4) is 0 Å². The number of primary amides is 1. The average Bonchev–Trinajstić information content (AvgIpc) is 2.41. The van der Waals surface area contributed by atoms with Gasteiger partial charge >= 0.3 is 0 Å². The summed E-state index contributed by atoms with van der Waals surface area (Å²) >= 11 is 0. The van der Waals surface area contributed by atoms with Crippen LogP contribution in [0.2, 0.25) is 0 Å². The third-order valence-electron chi connectivity index (χ3n) is 4.02. The SMILES string of the molecule is Cc1ccccc1CN1CCN(C(C)C(N)=O)CC1. The first-order chi connectivity index (χ1) is 9.08. The number of aryl methyl sites for hydroxylation is 1. The van der Waals surface area contributed by atoms with Crippen molar-refractivity contribution in [1.29, 1.82) is 0 Å². The molecule has 1 atom stereocenters. The summed E-state index contributed by atoms with van der Waals surface area (Å²) < 4.78 is 0. The molecule has 0 aliphatic carbocycles. The van der Waals surface area contributed by atoms with Crippen molar-refractivity contribution in [2.45, 2.75) is 26.4 Å². The molecule has 1 saturated heterocycles. The molecule has 1 amide bonds. The van der Waals surface area contributed by atoms with Crippen molar-refractivity contribution in [3.63, 3.8) is 0 Å². The van der Waals surface area contributed by atoms with Crippen LogP contribution in [0.15, 0.2) is 24.3 Å². The van der Waals surface area contributed by atoms with Gasteiger partial charge in [-0.2, -0.15) is 0 Å². The highest BCUT2D eigenvalue weighted by atomic mass is 16.1. The molecule has 0 aromatic heterocycles. The molecule has 1 unspecified atom stereocenters. The van der Waals surface area contributed by atoms with Crippen LogP contribution in [0.3, 0.4) is 0 Å². The summed E-state index contributed by atoms with van der Waals surface area (Å²) in [5.74, 6) is -0.229. The van der Waals surface area contributed by atoms with Gasteiger partial charge in [0.25, 0.3) is 0 Å². The Balaban J connectivity index is 1.87. The molecular weight excluding hydrogens is 238 g/mol. The van der Waals surface area contributed by atoms with Gasteiger partial charge in [-0.25, -0.2) is 0 Å². The third kappa shape index (κ3) is 3.55. The monoisotopic (exact) mass is 261 g/mol. The largest absolute Gasteiger partial charge is 0.368 e. The van der Waals surface area contributed by atoms with Crippen LogP contribution in [0.25, 0.3) is 0 Å². The maximum absolute atomic E-state index is 11.2. The Morgan fingerprint density at radius 1 is 1.26 bits per heavy atom. The number of piperazine rings is 1. The topological polar surface area (TPSA) is 49.6 Å². The Labute approximate surface area is 115 Å². The molecule has 1 aliphatic heterocycles. The number of hydrogen-bond donors (Lipinski definition) is 1. The van der Waals surface area contributed by atoms with Crippen LogP contribution in [0.5, 0.6) is 0 Å². The van der Waals surface area contributed by atoms with Crippen LogP contribution in [0.1, 0.15) is 18.1 Å². The van der Waals surface area contributed by atoms with Gasteiger partial charge < -0.3 is 5.73 Å². The highest BCUT2D eigenvalue weighted by molar-refractivity contribution is 5.79. The first kappa shape index (κ1) is 14.0. The van der Waals surface area contributed by atoms with Gasteiger partial charge in [0.15, 0.2) is 0 Å². The fourth-order valence-electron chi connectivity index (χ4n) is 2.52. The predicted octanol–water partition coefficient (Wildman–Crippen LogP) is 0.986. The summed E-state index contributed by atoms with van der Waals surface area (Å²) in [6.45, 7) is 8.84. The maximum atomic E-state index is 11.2. The van der Waals surface area contributed by atoms with Crippen molar-refractivity contribution in [1.82, 2.24) is 9.80 Å². The molecule has 1 aromatic carbocycles. The van der Waals surface area contributed by atoms with E-state index in [1.54, 1.807) is 0 Å². The van der Waals surface area contributed by atoms with Crippen LogP contribution in [-0.2, 0) is 11.3 Å². The molecule has 1 aromatic rings. The summed E-state index contributed by atoms with van der Waals surface area (Å²) in [7, 11) is 0. The van der Waals surface area contributed by atoms with Crippen molar-refractivity contribution in [2.75, 3.05) is 26.2 Å². The van der Waals surface area contributed by atoms with E-state index in [2.05, 4.69) is 41.0 Å². The number of rotatable bonds is 4. The van der Waals surface area contributed by atoms with Crippen LogP contribution in [0.4, 0.5) is 0 Å². The molecule has 1 heterocycles. The Kier molecular flexibility index (Phi) is 4.56. The van der Waals surface area contributed by atoms with Gasteiger partial charge in [-0.3, -0.25) is 14.6 Å². The molecule has 4 heteroatoms. The highest BCUT2D eigenvalue weighted by Crippen LogP contribution is 2.13. The summed E-state index contributed by atoms with van der Waals surface area (Å²) in [4.78, 5) is 15.8. The zero-order chi connectivity index (χ0) is 13.8. The molecule has 2 rings (SSSR count). The first-order valence-corrected chi connectivity index (χ1v) is 6.88. The van der Waals surface area contributed by atoms with Gasteiger partial charge in [-0.1, -0.05) is 24.3 Å². The molecule has 0 saturated carbocycles. The van der Waals surface area contributed by atoms with Crippen LogP contribution < -0.4 is 5.73 Å². The second-order valence-electron chi connectivity index (χ2n) is 5.32. The Hall–Kier alpha value is -1.39. The lowest BCUT2D eigenvalue weighted by Crippen LogP contribution is -2.52. The minimum absolute atomic E-state index is 0.152. The number of hydrogen-bond acceptors (Lipinski definition) is 3. The zero-order valence-corrected chi connectivity index (χ0v) is 11.8. The number of carbonyl (C=O) groups is 1. The summed E-state index contributed by atoms with van der Waals surface area (Å²) in [5, 5.41) is 0. The van der Waals surface area contributed by atoms with E-state index in [9.17, 15) is 4.79 Å². The second-order valence-corrected chi connectivity index (χ2v) is 5.32. The van der Waals surface area contributed by atoms with E-state index in [-0.39, 0.29) is 11.9 Å². The minimum Gasteiger partial charge on any atom is -0.368 e. The molecule has 0 radical (unpaired) electrons. The van der Waals surface area contributed by atoms with E-state index in [0.29, 0.717) is 0 Å².